The van der Waals surface area contributed by atoms with Gasteiger partial charge >= 0.3 is 0 Å². The van der Waals surface area contributed by atoms with E-state index in [0.717, 1.165) is 16.5 Å². The van der Waals surface area contributed by atoms with E-state index in [1.54, 1.807) is 0 Å². The predicted octanol–water partition coefficient (Wildman–Crippen LogP) is 4.44. The molecular weight excluding hydrogens is 317 g/mol. The van der Waals surface area contributed by atoms with E-state index >= 15 is 0 Å². The van der Waals surface area contributed by atoms with Gasteiger partial charge in [-0.3, -0.25) is 0 Å². The first-order chi connectivity index (χ1) is 9.39. The lowest BCUT2D eigenvalue weighted by molar-refractivity contribution is 0.406. The Morgan fingerprint density at radius 2 is 1.60 bits per heavy atom. The van der Waals surface area contributed by atoms with Crippen LogP contribution in [0.3, 0.4) is 0 Å². The second-order valence-corrected chi connectivity index (χ2v) is 6.58. The van der Waals surface area contributed by atoms with Gasteiger partial charge in [0.15, 0.2) is 0 Å². The van der Waals surface area contributed by atoms with Crippen molar-refractivity contribution in [3.05, 3.63) is 69.9 Å². The van der Waals surface area contributed by atoms with Crippen LogP contribution in [-0.2, 0) is 11.8 Å². The van der Waals surface area contributed by atoms with Crippen LogP contribution in [0.25, 0.3) is 0 Å². The van der Waals surface area contributed by atoms with Crippen molar-refractivity contribution in [3.63, 3.8) is 0 Å². The summed E-state index contributed by atoms with van der Waals surface area (Å²) in [7, 11) is 0. The standard InChI is InChI=1S/C17H19BrFN/c1-17(2,13-5-9-15(19)10-6-13)16(20)11-12-3-7-14(18)8-4-12/h3-10,16H,11,20H2,1-2H3. The highest BCUT2D eigenvalue weighted by atomic mass is 79.9. The summed E-state index contributed by atoms with van der Waals surface area (Å²) in [6.45, 7) is 4.20. The van der Waals surface area contributed by atoms with Crippen LogP contribution in [0.1, 0.15) is 25.0 Å². The molecule has 0 spiro atoms. The van der Waals surface area contributed by atoms with Crippen molar-refractivity contribution in [2.24, 2.45) is 5.73 Å². The number of halogens is 2. The fourth-order valence-electron chi connectivity index (χ4n) is 2.22. The van der Waals surface area contributed by atoms with Crippen molar-refractivity contribution in [2.75, 3.05) is 0 Å². The van der Waals surface area contributed by atoms with Crippen LogP contribution in [-0.4, -0.2) is 6.04 Å². The molecule has 2 aromatic rings. The molecule has 0 radical (unpaired) electrons. The molecule has 20 heavy (non-hydrogen) atoms. The Morgan fingerprint density at radius 3 is 2.15 bits per heavy atom. The Bertz CT molecular complexity index is 561. The third kappa shape index (κ3) is 3.47. The maximum absolute atomic E-state index is 13.0. The van der Waals surface area contributed by atoms with Crippen LogP contribution in [0.5, 0.6) is 0 Å². The van der Waals surface area contributed by atoms with Gasteiger partial charge in [-0.15, -0.1) is 0 Å². The lowest BCUT2D eigenvalue weighted by Gasteiger charge is -2.32. The minimum atomic E-state index is -0.217. The first kappa shape index (κ1) is 15.2. The zero-order valence-electron chi connectivity index (χ0n) is 11.7. The van der Waals surface area contributed by atoms with Crippen LogP contribution in [0.4, 0.5) is 4.39 Å². The molecule has 2 aromatic carbocycles. The van der Waals surface area contributed by atoms with E-state index in [1.807, 2.05) is 24.3 Å². The van der Waals surface area contributed by atoms with Gasteiger partial charge in [-0.1, -0.05) is 54.0 Å². The molecule has 0 heterocycles. The second kappa shape index (κ2) is 6.06. The Hall–Kier alpha value is -1.19. The molecule has 0 aliphatic heterocycles. The summed E-state index contributed by atoms with van der Waals surface area (Å²) >= 11 is 3.43. The van der Waals surface area contributed by atoms with Gasteiger partial charge < -0.3 is 5.73 Å². The molecule has 1 atom stereocenters. The summed E-state index contributed by atoms with van der Waals surface area (Å²) in [5, 5.41) is 0. The van der Waals surface area contributed by atoms with Crippen molar-refractivity contribution in [1.82, 2.24) is 0 Å². The molecule has 0 aliphatic rings. The largest absolute Gasteiger partial charge is 0.327 e. The van der Waals surface area contributed by atoms with E-state index < -0.39 is 0 Å². The fraction of sp³-hybridized carbons (Fsp3) is 0.294. The molecule has 1 nitrogen and oxygen atoms in total. The van der Waals surface area contributed by atoms with E-state index in [1.165, 1.54) is 17.7 Å². The Balaban J connectivity index is 2.16. The van der Waals surface area contributed by atoms with Crippen LogP contribution in [0.2, 0.25) is 0 Å². The summed E-state index contributed by atoms with van der Waals surface area (Å²) in [5.74, 6) is -0.217. The molecule has 0 amide bonds. The summed E-state index contributed by atoms with van der Waals surface area (Å²) in [6.07, 6.45) is 0.789. The summed E-state index contributed by atoms with van der Waals surface area (Å²) in [5.41, 5.74) is 8.44. The third-order valence-corrected chi connectivity index (χ3v) is 4.41. The summed E-state index contributed by atoms with van der Waals surface area (Å²) < 4.78 is 14.1. The zero-order valence-corrected chi connectivity index (χ0v) is 13.3. The third-order valence-electron chi connectivity index (χ3n) is 3.88. The molecule has 2 N–H and O–H groups in total. The molecule has 0 aromatic heterocycles. The van der Waals surface area contributed by atoms with E-state index in [-0.39, 0.29) is 17.3 Å². The van der Waals surface area contributed by atoms with Gasteiger partial charge in [-0.25, -0.2) is 4.39 Å². The van der Waals surface area contributed by atoms with Crippen molar-refractivity contribution in [3.8, 4) is 0 Å². The normalized spacial score (nSPS) is 13.2. The van der Waals surface area contributed by atoms with Crippen molar-refractivity contribution >= 4 is 15.9 Å². The first-order valence-electron chi connectivity index (χ1n) is 6.65. The number of hydrogen-bond acceptors (Lipinski definition) is 1. The number of rotatable bonds is 4. The van der Waals surface area contributed by atoms with Gasteiger partial charge in [-0.05, 0) is 41.8 Å². The Labute approximate surface area is 128 Å². The summed E-state index contributed by atoms with van der Waals surface area (Å²) in [4.78, 5) is 0. The quantitative estimate of drug-likeness (QED) is 0.878. The molecule has 0 bridgehead atoms. The van der Waals surface area contributed by atoms with Gasteiger partial charge in [0.1, 0.15) is 5.82 Å². The molecule has 3 heteroatoms. The molecule has 0 saturated heterocycles. The van der Waals surface area contributed by atoms with Crippen LogP contribution in [0.15, 0.2) is 53.0 Å². The van der Waals surface area contributed by atoms with Crippen molar-refractivity contribution in [2.45, 2.75) is 31.7 Å². The van der Waals surface area contributed by atoms with Gasteiger partial charge in [-0.2, -0.15) is 0 Å². The molecule has 0 fully saturated rings. The van der Waals surface area contributed by atoms with Crippen LogP contribution < -0.4 is 5.73 Å². The lowest BCUT2D eigenvalue weighted by atomic mass is 9.76. The highest BCUT2D eigenvalue weighted by Gasteiger charge is 2.28. The zero-order chi connectivity index (χ0) is 14.8. The van der Waals surface area contributed by atoms with Gasteiger partial charge in [0, 0.05) is 15.9 Å². The average molecular weight is 336 g/mol. The summed E-state index contributed by atoms with van der Waals surface area (Å²) in [6, 6.07) is 14.8. The smallest absolute Gasteiger partial charge is 0.123 e. The molecule has 0 saturated carbocycles. The lowest BCUT2D eigenvalue weighted by Crippen LogP contribution is -2.42. The highest BCUT2D eigenvalue weighted by molar-refractivity contribution is 9.10. The number of nitrogens with two attached hydrogens (primary N) is 1. The molecular formula is C17H19BrFN. The van der Waals surface area contributed by atoms with E-state index in [4.69, 9.17) is 5.73 Å². The predicted molar refractivity (Wildman–Crippen MR) is 85.2 cm³/mol. The Kier molecular flexibility index (Phi) is 4.61. The number of hydrogen-bond donors (Lipinski definition) is 1. The molecule has 0 aliphatic carbocycles. The van der Waals surface area contributed by atoms with Gasteiger partial charge in [0.05, 0.1) is 0 Å². The topological polar surface area (TPSA) is 26.0 Å². The van der Waals surface area contributed by atoms with Crippen LogP contribution in [0, 0.1) is 5.82 Å². The maximum Gasteiger partial charge on any atom is 0.123 e. The SMILES string of the molecule is CC(C)(c1ccc(F)cc1)C(N)Cc1ccc(Br)cc1. The molecule has 2 rings (SSSR count). The highest BCUT2D eigenvalue weighted by Crippen LogP contribution is 2.28. The average Bonchev–Trinajstić information content (AvgIpc) is 2.42. The number of benzene rings is 2. The van der Waals surface area contributed by atoms with Gasteiger partial charge in [0.2, 0.25) is 0 Å². The molecule has 106 valence electrons. The molecule has 1 unspecified atom stereocenters. The van der Waals surface area contributed by atoms with E-state index in [2.05, 4.69) is 41.9 Å². The maximum atomic E-state index is 13.0. The van der Waals surface area contributed by atoms with E-state index in [0.29, 0.717) is 0 Å². The fourth-order valence-corrected chi connectivity index (χ4v) is 2.49. The van der Waals surface area contributed by atoms with Crippen molar-refractivity contribution in [1.29, 1.82) is 0 Å². The monoisotopic (exact) mass is 335 g/mol. The first-order valence-corrected chi connectivity index (χ1v) is 7.45. The minimum Gasteiger partial charge on any atom is -0.327 e. The van der Waals surface area contributed by atoms with Crippen LogP contribution >= 0.6 is 15.9 Å². The van der Waals surface area contributed by atoms with E-state index in [9.17, 15) is 4.39 Å². The van der Waals surface area contributed by atoms with Crippen molar-refractivity contribution < 1.29 is 4.39 Å². The second-order valence-electron chi connectivity index (χ2n) is 5.67. The minimum absolute atomic E-state index is 0.0332. The van der Waals surface area contributed by atoms with Gasteiger partial charge in [0.25, 0.3) is 0 Å². The Morgan fingerprint density at radius 1 is 1.05 bits per heavy atom.